The summed E-state index contributed by atoms with van der Waals surface area (Å²) >= 11 is 0. The number of rotatable bonds is 2. The Balaban J connectivity index is 0.00000128. The van der Waals surface area contributed by atoms with E-state index in [9.17, 15) is 0 Å². The molecule has 0 aliphatic carbocycles. The summed E-state index contributed by atoms with van der Waals surface area (Å²) in [6.07, 6.45) is 0. The van der Waals surface area contributed by atoms with Gasteiger partial charge in [-0.05, 0) is 24.3 Å². The first-order valence-electron chi connectivity index (χ1n) is 4.67. The van der Waals surface area contributed by atoms with Crippen LogP contribution in [0.2, 0.25) is 0 Å². The van der Waals surface area contributed by atoms with Crippen LogP contribution in [0.1, 0.15) is 0 Å². The van der Waals surface area contributed by atoms with Crippen molar-refractivity contribution in [3.63, 3.8) is 0 Å². The highest BCUT2D eigenvalue weighted by atomic mass is 15.1. The van der Waals surface area contributed by atoms with Gasteiger partial charge in [-0.2, -0.15) is 5.11 Å². The highest BCUT2D eigenvalue weighted by Gasteiger charge is 1.93. The molecular formula is C12H14N4. The Hall–Kier alpha value is -2.20. The number of hydrogen-bond donors (Lipinski definition) is 2. The largest absolute Gasteiger partial charge is 0.397 e. The Bertz CT molecular complexity index is 465. The predicted octanol–water partition coefficient (Wildman–Crippen LogP) is 3.85. The van der Waals surface area contributed by atoms with E-state index in [1.807, 2.05) is 48.5 Å². The maximum Gasteiger partial charge on any atom is 0.109 e. The summed E-state index contributed by atoms with van der Waals surface area (Å²) in [6.45, 7) is 0. The SMILES string of the molecule is N.Nc1ccccc1N=Nc1ccccc1. The van der Waals surface area contributed by atoms with E-state index in [0.717, 1.165) is 5.69 Å². The Morgan fingerprint density at radius 1 is 0.750 bits per heavy atom. The topological polar surface area (TPSA) is 85.7 Å². The molecule has 0 unspecified atom stereocenters. The number of anilines is 1. The minimum Gasteiger partial charge on any atom is -0.397 e. The molecule has 4 heteroatoms. The monoisotopic (exact) mass is 214 g/mol. The molecule has 16 heavy (non-hydrogen) atoms. The van der Waals surface area contributed by atoms with Gasteiger partial charge in [0.25, 0.3) is 0 Å². The molecule has 0 saturated carbocycles. The second kappa shape index (κ2) is 5.63. The predicted molar refractivity (Wildman–Crippen MR) is 66.5 cm³/mol. The molecule has 0 amide bonds. The van der Waals surface area contributed by atoms with Crippen molar-refractivity contribution in [3.8, 4) is 0 Å². The number of nitrogens with two attached hydrogens (primary N) is 1. The molecule has 5 N–H and O–H groups in total. The van der Waals surface area contributed by atoms with E-state index in [1.54, 1.807) is 6.07 Å². The highest BCUT2D eigenvalue weighted by molar-refractivity contribution is 5.61. The first-order chi connectivity index (χ1) is 7.36. The average molecular weight is 214 g/mol. The van der Waals surface area contributed by atoms with Gasteiger partial charge in [0.15, 0.2) is 0 Å². The first-order valence-corrected chi connectivity index (χ1v) is 4.67. The second-order valence-corrected chi connectivity index (χ2v) is 3.09. The number of nitrogens with zero attached hydrogens (tertiary/aromatic N) is 2. The number of benzene rings is 2. The Morgan fingerprint density at radius 2 is 1.38 bits per heavy atom. The van der Waals surface area contributed by atoms with E-state index in [0.29, 0.717) is 11.4 Å². The first kappa shape index (κ1) is 11.9. The molecule has 0 fully saturated rings. The zero-order valence-electron chi connectivity index (χ0n) is 8.88. The van der Waals surface area contributed by atoms with Gasteiger partial charge in [0.05, 0.1) is 11.4 Å². The van der Waals surface area contributed by atoms with Crippen molar-refractivity contribution in [3.05, 3.63) is 54.6 Å². The van der Waals surface area contributed by atoms with Gasteiger partial charge in [0.2, 0.25) is 0 Å². The van der Waals surface area contributed by atoms with E-state index in [2.05, 4.69) is 10.2 Å². The molecule has 82 valence electrons. The summed E-state index contributed by atoms with van der Waals surface area (Å²) < 4.78 is 0. The van der Waals surface area contributed by atoms with E-state index < -0.39 is 0 Å². The quantitative estimate of drug-likeness (QED) is 0.587. The van der Waals surface area contributed by atoms with Crippen LogP contribution in [0.5, 0.6) is 0 Å². The summed E-state index contributed by atoms with van der Waals surface area (Å²) in [5.74, 6) is 0. The fourth-order valence-electron chi connectivity index (χ4n) is 1.18. The molecule has 2 rings (SSSR count). The summed E-state index contributed by atoms with van der Waals surface area (Å²) in [4.78, 5) is 0. The fourth-order valence-corrected chi connectivity index (χ4v) is 1.18. The molecule has 4 nitrogen and oxygen atoms in total. The van der Waals surface area contributed by atoms with Crippen molar-refractivity contribution in [2.75, 3.05) is 5.73 Å². The fraction of sp³-hybridized carbons (Fsp3) is 0. The van der Waals surface area contributed by atoms with E-state index >= 15 is 0 Å². The summed E-state index contributed by atoms with van der Waals surface area (Å²) in [7, 11) is 0. The van der Waals surface area contributed by atoms with Crippen LogP contribution in [0.3, 0.4) is 0 Å². The number of para-hydroxylation sites is 1. The van der Waals surface area contributed by atoms with Gasteiger partial charge in [-0.15, -0.1) is 5.11 Å². The van der Waals surface area contributed by atoms with Crippen molar-refractivity contribution < 1.29 is 0 Å². The van der Waals surface area contributed by atoms with Gasteiger partial charge < -0.3 is 11.9 Å². The van der Waals surface area contributed by atoms with Gasteiger partial charge in [-0.1, -0.05) is 30.3 Å². The van der Waals surface area contributed by atoms with Crippen LogP contribution in [0.15, 0.2) is 64.8 Å². The maximum absolute atomic E-state index is 5.73. The molecule has 2 aromatic carbocycles. The molecule has 0 aliphatic rings. The standard InChI is InChI=1S/C12H11N3.H3N/c13-11-8-4-5-9-12(11)15-14-10-6-2-1-3-7-10;/h1-9H,13H2;1H3. The normalized spacial score (nSPS) is 10.0. The summed E-state index contributed by atoms with van der Waals surface area (Å²) in [5, 5.41) is 8.16. The lowest BCUT2D eigenvalue weighted by atomic mass is 10.3. The molecular weight excluding hydrogens is 200 g/mol. The number of hydrogen-bond acceptors (Lipinski definition) is 4. The van der Waals surface area contributed by atoms with Crippen LogP contribution in [0.25, 0.3) is 0 Å². The number of azo groups is 1. The maximum atomic E-state index is 5.73. The third-order valence-corrected chi connectivity index (χ3v) is 1.97. The van der Waals surface area contributed by atoms with Gasteiger partial charge in [-0.3, -0.25) is 0 Å². The molecule has 0 heterocycles. The van der Waals surface area contributed by atoms with Crippen molar-refractivity contribution in [1.82, 2.24) is 6.15 Å². The Labute approximate surface area is 94.4 Å². The molecule has 0 saturated heterocycles. The van der Waals surface area contributed by atoms with Crippen molar-refractivity contribution in [2.45, 2.75) is 0 Å². The van der Waals surface area contributed by atoms with Crippen LogP contribution in [-0.4, -0.2) is 0 Å². The molecule has 0 radical (unpaired) electrons. The lowest BCUT2D eigenvalue weighted by Gasteiger charge is -1.96. The van der Waals surface area contributed by atoms with Crippen LogP contribution in [0, 0.1) is 0 Å². The zero-order chi connectivity index (χ0) is 10.5. The van der Waals surface area contributed by atoms with Gasteiger partial charge >= 0.3 is 0 Å². The molecule has 0 atom stereocenters. The van der Waals surface area contributed by atoms with Gasteiger partial charge in [0.1, 0.15) is 5.69 Å². The van der Waals surface area contributed by atoms with E-state index in [1.165, 1.54) is 0 Å². The summed E-state index contributed by atoms with van der Waals surface area (Å²) in [6, 6.07) is 17.0. The van der Waals surface area contributed by atoms with Crippen molar-refractivity contribution >= 4 is 17.1 Å². The highest BCUT2D eigenvalue weighted by Crippen LogP contribution is 2.23. The van der Waals surface area contributed by atoms with Gasteiger partial charge in [-0.25, -0.2) is 0 Å². The molecule has 2 aromatic rings. The average Bonchev–Trinajstić information content (AvgIpc) is 2.29. The Kier molecular flexibility index (Phi) is 4.17. The minimum absolute atomic E-state index is 0. The minimum atomic E-state index is 0. The molecule has 0 aromatic heterocycles. The Morgan fingerprint density at radius 3 is 2.06 bits per heavy atom. The molecule has 0 spiro atoms. The third kappa shape index (κ3) is 2.90. The van der Waals surface area contributed by atoms with Crippen molar-refractivity contribution in [2.24, 2.45) is 10.2 Å². The van der Waals surface area contributed by atoms with E-state index in [-0.39, 0.29) is 6.15 Å². The van der Waals surface area contributed by atoms with Crippen LogP contribution >= 0.6 is 0 Å². The smallest absolute Gasteiger partial charge is 0.109 e. The molecule has 0 bridgehead atoms. The second-order valence-electron chi connectivity index (χ2n) is 3.09. The third-order valence-electron chi connectivity index (χ3n) is 1.97. The number of nitrogen functional groups attached to an aromatic ring is 1. The van der Waals surface area contributed by atoms with Crippen molar-refractivity contribution in [1.29, 1.82) is 0 Å². The lowest BCUT2D eigenvalue weighted by molar-refractivity contribution is 1.23. The molecule has 0 aliphatic heterocycles. The van der Waals surface area contributed by atoms with E-state index in [4.69, 9.17) is 5.73 Å². The van der Waals surface area contributed by atoms with Crippen LogP contribution in [-0.2, 0) is 0 Å². The van der Waals surface area contributed by atoms with Gasteiger partial charge in [0, 0.05) is 0 Å². The van der Waals surface area contributed by atoms with Crippen LogP contribution < -0.4 is 11.9 Å². The zero-order valence-corrected chi connectivity index (χ0v) is 8.88. The van der Waals surface area contributed by atoms with Crippen LogP contribution in [0.4, 0.5) is 17.1 Å². The lowest BCUT2D eigenvalue weighted by Crippen LogP contribution is -1.82. The summed E-state index contributed by atoms with van der Waals surface area (Å²) in [5.41, 5.74) is 7.88.